The van der Waals surface area contributed by atoms with Crippen LogP contribution in [0.1, 0.15) is 17.7 Å². The fraction of sp³-hybridized carbons (Fsp3) is 0.450. The van der Waals surface area contributed by atoms with Gasteiger partial charge in [0, 0.05) is 45.4 Å². The van der Waals surface area contributed by atoms with E-state index in [1.165, 1.54) is 5.56 Å². The van der Waals surface area contributed by atoms with Gasteiger partial charge in [-0.05, 0) is 37.1 Å². The Morgan fingerprint density at radius 3 is 2.80 bits per heavy atom. The van der Waals surface area contributed by atoms with Crippen LogP contribution in [0.25, 0.3) is 11.3 Å². The number of furan rings is 1. The summed E-state index contributed by atoms with van der Waals surface area (Å²) in [6, 6.07) is 12.5. The van der Waals surface area contributed by atoms with E-state index in [-0.39, 0.29) is 12.5 Å². The van der Waals surface area contributed by atoms with Crippen LogP contribution in [0.3, 0.4) is 0 Å². The van der Waals surface area contributed by atoms with Crippen molar-refractivity contribution in [3.8, 4) is 11.3 Å². The topological polar surface area (TPSA) is 45.9 Å². The van der Waals surface area contributed by atoms with E-state index >= 15 is 0 Å². The van der Waals surface area contributed by atoms with E-state index in [0.717, 1.165) is 56.2 Å². The largest absolute Gasteiger partial charge is 0.461 e. The highest BCUT2D eigenvalue weighted by atomic mass is 16.5. The van der Waals surface area contributed by atoms with Gasteiger partial charge in [-0.15, -0.1) is 0 Å². The summed E-state index contributed by atoms with van der Waals surface area (Å²) in [5.74, 6) is 1.92. The summed E-state index contributed by atoms with van der Waals surface area (Å²) in [5, 5.41) is 0. The number of benzene rings is 1. The number of amides is 1. The molecule has 1 aromatic carbocycles. The Bertz CT molecular complexity index is 710. The highest BCUT2D eigenvalue weighted by Gasteiger charge is 2.19. The van der Waals surface area contributed by atoms with Gasteiger partial charge >= 0.3 is 0 Å². The van der Waals surface area contributed by atoms with Gasteiger partial charge in [0.15, 0.2) is 0 Å². The van der Waals surface area contributed by atoms with E-state index in [2.05, 4.69) is 29.2 Å². The van der Waals surface area contributed by atoms with Crippen LogP contribution in [0, 0.1) is 6.92 Å². The average Bonchev–Trinajstić information content (AvgIpc) is 2.90. The second kappa shape index (κ2) is 8.32. The molecule has 0 saturated carbocycles. The zero-order valence-electron chi connectivity index (χ0n) is 15.0. The minimum atomic E-state index is 0.0829. The maximum absolute atomic E-state index is 12.0. The zero-order chi connectivity index (χ0) is 17.6. The van der Waals surface area contributed by atoms with Gasteiger partial charge in [0.2, 0.25) is 5.91 Å². The van der Waals surface area contributed by atoms with Crippen molar-refractivity contribution in [3.63, 3.8) is 0 Å². The van der Waals surface area contributed by atoms with E-state index in [0.29, 0.717) is 0 Å². The summed E-state index contributed by atoms with van der Waals surface area (Å²) in [6.45, 7) is 6.48. The fourth-order valence-electron chi connectivity index (χ4n) is 3.26. The molecule has 0 bridgehead atoms. The lowest BCUT2D eigenvalue weighted by atomic mass is 10.1. The van der Waals surface area contributed by atoms with Gasteiger partial charge in [-0.3, -0.25) is 9.69 Å². The second-order valence-electron chi connectivity index (χ2n) is 6.55. The third-order valence-corrected chi connectivity index (χ3v) is 4.57. The molecule has 0 unspecified atom stereocenters. The first-order valence-corrected chi connectivity index (χ1v) is 8.80. The van der Waals surface area contributed by atoms with Crippen molar-refractivity contribution in [3.05, 3.63) is 47.7 Å². The molecule has 1 amide bonds. The van der Waals surface area contributed by atoms with Crippen molar-refractivity contribution in [2.24, 2.45) is 0 Å². The molecular weight excluding hydrogens is 316 g/mol. The highest BCUT2D eigenvalue weighted by molar-refractivity contribution is 5.77. The van der Waals surface area contributed by atoms with Crippen molar-refractivity contribution in [2.45, 2.75) is 19.9 Å². The molecule has 1 saturated heterocycles. The van der Waals surface area contributed by atoms with E-state index in [1.54, 1.807) is 7.11 Å². The molecule has 0 aliphatic carbocycles. The van der Waals surface area contributed by atoms with Crippen LogP contribution >= 0.6 is 0 Å². The molecule has 3 rings (SSSR count). The molecule has 1 aliphatic heterocycles. The summed E-state index contributed by atoms with van der Waals surface area (Å²) in [7, 11) is 1.57. The number of hydrogen-bond acceptors (Lipinski definition) is 4. The second-order valence-corrected chi connectivity index (χ2v) is 6.55. The van der Waals surface area contributed by atoms with Crippen molar-refractivity contribution in [2.75, 3.05) is 39.9 Å². The third-order valence-electron chi connectivity index (χ3n) is 4.57. The molecule has 5 nitrogen and oxygen atoms in total. The SMILES string of the molecule is COCC(=O)N1CCCN(Cc2cccc(-c3ccc(C)o3)c2)CC1. The molecule has 1 aromatic heterocycles. The minimum Gasteiger partial charge on any atom is -0.461 e. The van der Waals surface area contributed by atoms with E-state index < -0.39 is 0 Å². The van der Waals surface area contributed by atoms with Gasteiger partial charge in [-0.1, -0.05) is 18.2 Å². The van der Waals surface area contributed by atoms with E-state index in [9.17, 15) is 4.79 Å². The van der Waals surface area contributed by atoms with Gasteiger partial charge in [0.05, 0.1) is 0 Å². The minimum absolute atomic E-state index is 0.0829. The number of ether oxygens (including phenoxy) is 1. The Morgan fingerprint density at radius 1 is 1.16 bits per heavy atom. The maximum atomic E-state index is 12.0. The molecule has 0 atom stereocenters. The summed E-state index contributed by atoms with van der Waals surface area (Å²) < 4.78 is 10.7. The van der Waals surface area contributed by atoms with Gasteiger partial charge in [-0.25, -0.2) is 0 Å². The highest BCUT2D eigenvalue weighted by Crippen LogP contribution is 2.23. The first kappa shape index (κ1) is 17.7. The molecule has 5 heteroatoms. The maximum Gasteiger partial charge on any atom is 0.248 e. The van der Waals surface area contributed by atoms with Crippen LogP contribution in [0.2, 0.25) is 0 Å². The first-order chi connectivity index (χ1) is 12.2. The smallest absolute Gasteiger partial charge is 0.248 e. The first-order valence-electron chi connectivity index (χ1n) is 8.80. The molecule has 1 aliphatic rings. The molecule has 25 heavy (non-hydrogen) atoms. The Labute approximate surface area is 149 Å². The molecule has 0 spiro atoms. The van der Waals surface area contributed by atoms with E-state index in [4.69, 9.17) is 9.15 Å². The van der Waals surface area contributed by atoms with Crippen LogP contribution in [0.15, 0.2) is 40.8 Å². The molecule has 0 radical (unpaired) electrons. The zero-order valence-corrected chi connectivity index (χ0v) is 15.0. The Hall–Kier alpha value is -2.11. The van der Waals surface area contributed by atoms with Crippen molar-refractivity contribution >= 4 is 5.91 Å². The summed E-state index contributed by atoms with van der Waals surface area (Å²) in [4.78, 5) is 16.3. The molecular formula is C20H26N2O3. The normalized spacial score (nSPS) is 16.0. The van der Waals surface area contributed by atoms with Gasteiger partial charge in [-0.2, -0.15) is 0 Å². The van der Waals surface area contributed by atoms with Crippen LogP contribution < -0.4 is 0 Å². The number of aryl methyl sites for hydroxylation is 1. The number of nitrogens with zero attached hydrogens (tertiary/aromatic N) is 2. The fourth-order valence-corrected chi connectivity index (χ4v) is 3.26. The standard InChI is InChI=1S/C20H26N2O3/c1-16-7-8-19(25-16)18-6-3-5-17(13-18)14-21-9-4-10-22(12-11-21)20(23)15-24-2/h3,5-8,13H,4,9-12,14-15H2,1-2H3. The monoisotopic (exact) mass is 342 g/mol. The summed E-state index contributed by atoms with van der Waals surface area (Å²) >= 11 is 0. The van der Waals surface area contributed by atoms with Crippen LogP contribution in [0.5, 0.6) is 0 Å². The Kier molecular flexibility index (Phi) is 5.89. The van der Waals surface area contributed by atoms with Crippen LogP contribution in [-0.2, 0) is 16.1 Å². The molecule has 134 valence electrons. The molecule has 2 aromatic rings. The van der Waals surface area contributed by atoms with Crippen molar-refractivity contribution < 1.29 is 13.9 Å². The lowest BCUT2D eigenvalue weighted by Gasteiger charge is -2.22. The quantitative estimate of drug-likeness (QED) is 0.838. The molecule has 0 N–H and O–H groups in total. The predicted molar refractivity (Wildman–Crippen MR) is 97.2 cm³/mol. The summed E-state index contributed by atoms with van der Waals surface area (Å²) in [5.41, 5.74) is 2.38. The predicted octanol–water partition coefficient (Wildman–Crippen LogP) is 2.94. The third kappa shape index (κ3) is 4.71. The lowest BCUT2D eigenvalue weighted by Crippen LogP contribution is -2.37. The molecule has 2 heterocycles. The Morgan fingerprint density at radius 2 is 2.04 bits per heavy atom. The number of carbonyl (C=O) groups is 1. The average molecular weight is 342 g/mol. The van der Waals surface area contributed by atoms with Crippen molar-refractivity contribution in [1.29, 1.82) is 0 Å². The molecule has 1 fully saturated rings. The Balaban J connectivity index is 1.62. The van der Waals surface area contributed by atoms with Crippen molar-refractivity contribution in [1.82, 2.24) is 9.80 Å². The number of methoxy groups -OCH3 is 1. The van der Waals surface area contributed by atoms with Gasteiger partial charge in [0.25, 0.3) is 0 Å². The van der Waals surface area contributed by atoms with Gasteiger partial charge < -0.3 is 14.1 Å². The number of rotatable bonds is 5. The lowest BCUT2D eigenvalue weighted by molar-refractivity contribution is -0.135. The number of carbonyl (C=O) groups excluding carboxylic acids is 1. The van der Waals surface area contributed by atoms with Gasteiger partial charge in [0.1, 0.15) is 18.1 Å². The number of hydrogen-bond donors (Lipinski definition) is 0. The van der Waals surface area contributed by atoms with Crippen LogP contribution in [-0.4, -0.2) is 55.6 Å². The summed E-state index contributed by atoms with van der Waals surface area (Å²) in [6.07, 6.45) is 0.993. The van der Waals surface area contributed by atoms with Crippen LogP contribution in [0.4, 0.5) is 0 Å². The van der Waals surface area contributed by atoms with E-state index in [1.807, 2.05) is 24.0 Å².